The Hall–Kier alpha value is -1.20. The summed E-state index contributed by atoms with van der Waals surface area (Å²) in [4.78, 5) is 12.2. The molecule has 2 aromatic rings. The van der Waals surface area contributed by atoms with Crippen molar-refractivity contribution in [2.45, 2.75) is 26.4 Å². The monoisotopic (exact) mass is 359 g/mol. The van der Waals surface area contributed by atoms with Crippen LogP contribution >= 0.6 is 27.5 Å². The van der Waals surface area contributed by atoms with Crippen LogP contribution in [-0.4, -0.2) is 23.4 Å². The summed E-state index contributed by atoms with van der Waals surface area (Å²) in [5, 5.41) is 1.18. The third-order valence-electron chi connectivity index (χ3n) is 2.64. The van der Waals surface area contributed by atoms with Gasteiger partial charge in [-0.25, -0.2) is 9.36 Å². The molecular formula is C14H15BrClNO3. The normalized spacial score (nSPS) is 11.7. The van der Waals surface area contributed by atoms with E-state index in [0.717, 1.165) is 4.47 Å². The lowest BCUT2D eigenvalue weighted by Gasteiger charge is -2.19. The molecule has 1 aromatic heterocycles. The molecule has 108 valence electrons. The number of halogens is 2. The number of hydrogen-bond donors (Lipinski definition) is 0. The molecule has 0 saturated heterocycles. The van der Waals surface area contributed by atoms with E-state index in [1.165, 1.54) is 11.7 Å². The van der Waals surface area contributed by atoms with Gasteiger partial charge in [0.25, 0.3) is 0 Å². The first-order chi connectivity index (χ1) is 9.24. The second-order valence-electron chi connectivity index (χ2n) is 5.30. The summed E-state index contributed by atoms with van der Waals surface area (Å²) < 4.78 is 12.8. The summed E-state index contributed by atoms with van der Waals surface area (Å²) in [5.74, 6) is 0.525. The Labute approximate surface area is 130 Å². The van der Waals surface area contributed by atoms with Crippen LogP contribution in [0, 0.1) is 0 Å². The van der Waals surface area contributed by atoms with Crippen LogP contribution < -0.4 is 4.74 Å². The molecule has 0 radical (unpaired) electrons. The molecular weight excluding hydrogens is 346 g/mol. The molecule has 2 rings (SSSR count). The van der Waals surface area contributed by atoms with Crippen LogP contribution in [0.25, 0.3) is 10.9 Å². The minimum absolute atomic E-state index is 0.468. The first kappa shape index (κ1) is 15.2. The fourth-order valence-electron chi connectivity index (χ4n) is 1.84. The van der Waals surface area contributed by atoms with E-state index in [0.29, 0.717) is 21.7 Å². The molecule has 0 N–H and O–H groups in total. The summed E-state index contributed by atoms with van der Waals surface area (Å²) in [6.07, 6.45) is 1.11. The highest BCUT2D eigenvalue weighted by atomic mass is 79.9. The minimum atomic E-state index is -0.569. The van der Waals surface area contributed by atoms with Gasteiger partial charge in [0.1, 0.15) is 11.4 Å². The molecule has 0 fully saturated rings. The molecule has 0 saturated carbocycles. The average Bonchev–Trinajstić information content (AvgIpc) is 2.71. The van der Waals surface area contributed by atoms with Gasteiger partial charge in [-0.3, -0.25) is 0 Å². The van der Waals surface area contributed by atoms with Gasteiger partial charge in [0.05, 0.1) is 29.2 Å². The lowest BCUT2D eigenvalue weighted by Crippen LogP contribution is -2.26. The lowest BCUT2D eigenvalue weighted by atomic mass is 10.2. The maximum Gasteiger partial charge on any atom is 0.419 e. The summed E-state index contributed by atoms with van der Waals surface area (Å²) in [6.45, 7) is 5.45. The number of fused-ring (bicyclic) bond motifs is 1. The molecule has 4 nitrogen and oxygen atoms in total. The first-order valence-corrected chi connectivity index (χ1v) is 7.18. The smallest absolute Gasteiger partial charge is 0.419 e. The molecule has 0 aliphatic carbocycles. The molecule has 0 unspecified atom stereocenters. The highest BCUT2D eigenvalue weighted by Crippen LogP contribution is 2.38. The van der Waals surface area contributed by atoms with Crippen molar-refractivity contribution >= 4 is 44.5 Å². The van der Waals surface area contributed by atoms with E-state index in [-0.39, 0.29) is 0 Å². The van der Waals surface area contributed by atoms with Gasteiger partial charge in [0.2, 0.25) is 0 Å². The molecule has 6 heteroatoms. The summed E-state index contributed by atoms with van der Waals surface area (Å²) in [6, 6.07) is 3.57. The van der Waals surface area contributed by atoms with E-state index in [1.807, 2.05) is 20.8 Å². The molecule has 0 aliphatic heterocycles. The molecule has 0 atom stereocenters. The van der Waals surface area contributed by atoms with Crippen molar-refractivity contribution in [3.8, 4) is 5.75 Å². The quantitative estimate of drug-likeness (QED) is 0.730. The van der Waals surface area contributed by atoms with Gasteiger partial charge in [-0.1, -0.05) is 11.6 Å². The number of carbonyl (C=O) groups is 1. The number of benzene rings is 1. The van der Waals surface area contributed by atoms with Crippen molar-refractivity contribution in [3.05, 3.63) is 27.8 Å². The van der Waals surface area contributed by atoms with Gasteiger partial charge in [-0.2, -0.15) is 0 Å². The molecule has 20 heavy (non-hydrogen) atoms. The van der Waals surface area contributed by atoms with Crippen molar-refractivity contribution < 1.29 is 14.3 Å². The van der Waals surface area contributed by atoms with Gasteiger partial charge >= 0.3 is 6.09 Å². The molecule has 0 spiro atoms. The van der Waals surface area contributed by atoms with Crippen LogP contribution in [0.3, 0.4) is 0 Å². The Balaban J connectivity index is 2.61. The van der Waals surface area contributed by atoms with Gasteiger partial charge in [0, 0.05) is 4.47 Å². The predicted octanol–water partition coefficient (Wildman–Crippen LogP) is 4.85. The van der Waals surface area contributed by atoms with Crippen LogP contribution in [0.5, 0.6) is 5.75 Å². The first-order valence-electron chi connectivity index (χ1n) is 6.01. The number of aromatic nitrogens is 1. The number of rotatable bonds is 1. The van der Waals surface area contributed by atoms with Crippen LogP contribution in [0.15, 0.2) is 22.8 Å². The third-order valence-corrected chi connectivity index (χ3v) is 3.92. The van der Waals surface area contributed by atoms with E-state index in [4.69, 9.17) is 21.1 Å². The number of hydrogen-bond acceptors (Lipinski definition) is 3. The SMILES string of the molecule is COc1cn(C(=O)OC(C)(C)C)c2ccc(Br)c(Cl)c12. The standard InChI is InChI=1S/C14H15BrClNO3/c1-14(2,3)20-13(18)17-7-10(19-4)11-9(17)6-5-8(15)12(11)16/h5-7H,1-4H3. The second kappa shape index (κ2) is 5.30. The third kappa shape index (κ3) is 2.79. The summed E-state index contributed by atoms with van der Waals surface area (Å²) in [7, 11) is 1.53. The van der Waals surface area contributed by atoms with E-state index >= 15 is 0 Å². The van der Waals surface area contributed by atoms with Crippen molar-refractivity contribution in [1.82, 2.24) is 4.57 Å². The van der Waals surface area contributed by atoms with E-state index in [1.54, 1.807) is 18.3 Å². The summed E-state index contributed by atoms with van der Waals surface area (Å²) in [5.41, 5.74) is 0.0735. The van der Waals surface area contributed by atoms with Crippen LogP contribution in [-0.2, 0) is 4.74 Å². The highest BCUT2D eigenvalue weighted by molar-refractivity contribution is 9.10. The Morgan fingerprint density at radius 1 is 1.35 bits per heavy atom. The fourth-order valence-corrected chi connectivity index (χ4v) is 2.43. The zero-order valence-electron chi connectivity index (χ0n) is 11.7. The predicted molar refractivity (Wildman–Crippen MR) is 82.8 cm³/mol. The van der Waals surface area contributed by atoms with Gasteiger partial charge in [-0.15, -0.1) is 0 Å². The number of methoxy groups -OCH3 is 1. The Kier molecular flexibility index (Phi) is 4.02. The minimum Gasteiger partial charge on any atom is -0.494 e. The van der Waals surface area contributed by atoms with Crippen molar-refractivity contribution in [1.29, 1.82) is 0 Å². The van der Waals surface area contributed by atoms with Gasteiger partial charge in [-0.05, 0) is 48.8 Å². The fraction of sp³-hybridized carbons (Fsp3) is 0.357. The van der Waals surface area contributed by atoms with E-state index in [9.17, 15) is 4.79 Å². The topological polar surface area (TPSA) is 40.5 Å². The van der Waals surface area contributed by atoms with Gasteiger partial charge in [0.15, 0.2) is 0 Å². The largest absolute Gasteiger partial charge is 0.494 e. The molecule has 0 amide bonds. The maximum absolute atomic E-state index is 12.2. The zero-order valence-corrected chi connectivity index (χ0v) is 14.0. The van der Waals surface area contributed by atoms with Crippen LogP contribution in [0.4, 0.5) is 4.79 Å². The van der Waals surface area contributed by atoms with Crippen LogP contribution in [0.2, 0.25) is 5.02 Å². The van der Waals surface area contributed by atoms with Crippen LogP contribution in [0.1, 0.15) is 20.8 Å². The molecule has 0 bridgehead atoms. The van der Waals surface area contributed by atoms with Crippen molar-refractivity contribution in [3.63, 3.8) is 0 Å². The molecule has 1 aromatic carbocycles. The highest BCUT2D eigenvalue weighted by Gasteiger charge is 2.22. The number of ether oxygens (including phenoxy) is 2. The number of nitrogens with zero attached hydrogens (tertiary/aromatic N) is 1. The average molecular weight is 361 g/mol. The number of carbonyl (C=O) groups excluding carboxylic acids is 1. The van der Waals surface area contributed by atoms with E-state index in [2.05, 4.69) is 15.9 Å². The lowest BCUT2D eigenvalue weighted by molar-refractivity contribution is 0.0544. The maximum atomic E-state index is 12.2. The molecule has 1 heterocycles. The molecule has 0 aliphatic rings. The van der Waals surface area contributed by atoms with Crippen molar-refractivity contribution in [2.75, 3.05) is 7.11 Å². The Morgan fingerprint density at radius 3 is 2.55 bits per heavy atom. The second-order valence-corrected chi connectivity index (χ2v) is 6.54. The zero-order chi connectivity index (χ0) is 15.1. The van der Waals surface area contributed by atoms with E-state index < -0.39 is 11.7 Å². The Morgan fingerprint density at radius 2 is 2.00 bits per heavy atom. The summed E-state index contributed by atoms with van der Waals surface area (Å²) >= 11 is 9.63. The van der Waals surface area contributed by atoms with Gasteiger partial charge < -0.3 is 9.47 Å². The van der Waals surface area contributed by atoms with Crippen molar-refractivity contribution in [2.24, 2.45) is 0 Å². The Bertz CT molecular complexity index is 673.